The van der Waals surface area contributed by atoms with Crippen molar-refractivity contribution >= 4 is 31.7 Å². The third kappa shape index (κ3) is 8.72. The monoisotopic (exact) mass is 431 g/mol. The van der Waals surface area contributed by atoms with Crippen LogP contribution in [0.2, 0.25) is 0 Å². The molecule has 25 heavy (non-hydrogen) atoms. The van der Waals surface area contributed by atoms with E-state index in [0.717, 1.165) is 11.0 Å². The first-order chi connectivity index (χ1) is 11.5. The third-order valence-corrected chi connectivity index (χ3v) is 5.36. The van der Waals surface area contributed by atoms with Gasteiger partial charge >= 0.3 is 0 Å². The standard InChI is InChI=1S/C18H30BrN3O2S/c1-6-20-17(22-14(2)10-11-25(5,23)24)21-13-18(3,4)15-8-7-9-16(19)12-15/h7-9,12,14H,6,10-11,13H2,1-5H3,(H2,20,21,22). The molecule has 0 radical (unpaired) electrons. The Morgan fingerprint density at radius 3 is 2.60 bits per heavy atom. The maximum Gasteiger partial charge on any atom is 0.191 e. The Bertz CT molecular complexity index is 687. The van der Waals surface area contributed by atoms with Crippen molar-refractivity contribution in [2.75, 3.05) is 25.1 Å². The quantitative estimate of drug-likeness (QED) is 0.489. The van der Waals surface area contributed by atoms with Crippen molar-refractivity contribution in [1.29, 1.82) is 0 Å². The van der Waals surface area contributed by atoms with Crippen molar-refractivity contribution in [3.63, 3.8) is 0 Å². The molecule has 1 unspecified atom stereocenters. The molecule has 0 amide bonds. The summed E-state index contributed by atoms with van der Waals surface area (Å²) in [6.45, 7) is 9.68. The molecule has 2 N–H and O–H groups in total. The van der Waals surface area contributed by atoms with E-state index in [1.165, 1.54) is 11.8 Å². The van der Waals surface area contributed by atoms with Crippen molar-refractivity contribution < 1.29 is 8.42 Å². The fraction of sp³-hybridized carbons (Fsp3) is 0.611. The van der Waals surface area contributed by atoms with Gasteiger partial charge in [-0.15, -0.1) is 0 Å². The number of hydrogen-bond donors (Lipinski definition) is 2. The molecule has 0 bridgehead atoms. The highest BCUT2D eigenvalue weighted by atomic mass is 79.9. The number of rotatable bonds is 8. The molecule has 5 nitrogen and oxygen atoms in total. The topological polar surface area (TPSA) is 70.6 Å². The van der Waals surface area contributed by atoms with Crippen LogP contribution in [-0.4, -0.2) is 45.5 Å². The Balaban J connectivity index is 2.77. The summed E-state index contributed by atoms with van der Waals surface area (Å²) in [5, 5.41) is 6.52. The second kappa shape index (κ2) is 9.57. The summed E-state index contributed by atoms with van der Waals surface area (Å²) in [5.41, 5.74) is 1.11. The predicted molar refractivity (Wildman–Crippen MR) is 110 cm³/mol. The molecular weight excluding hydrogens is 402 g/mol. The van der Waals surface area contributed by atoms with Crippen LogP contribution in [0.1, 0.15) is 39.7 Å². The van der Waals surface area contributed by atoms with Crippen LogP contribution in [0, 0.1) is 0 Å². The number of nitrogens with one attached hydrogen (secondary N) is 2. The maximum absolute atomic E-state index is 11.3. The zero-order chi connectivity index (χ0) is 19.1. The Hall–Kier alpha value is -1.08. The highest BCUT2D eigenvalue weighted by Crippen LogP contribution is 2.26. The number of nitrogens with zero attached hydrogens (tertiary/aromatic N) is 1. The molecule has 1 aromatic rings. The second-order valence-electron chi connectivity index (χ2n) is 7.05. The van der Waals surface area contributed by atoms with Gasteiger partial charge in [-0.05, 0) is 38.0 Å². The zero-order valence-electron chi connectivity index (χ0n) is 15.8. The molecule has 0 aromatic heterocycles. The van der Waals surface area contributed by atoms with Crippen LogP contribution >= 0.6 is 15.9 Å². The lowest BCUT2D eigenvalue weighted by Crippen LogP contribution is -2.43. The SMILES string of the molecule is CCNC(=NCC(C)(C)c1cccc(Br)c1)NC(C)CCS(C)(=O)=O. The first kappa shape index (κ1) is 22.0. The average Bonchev–Trinajstić information content (AvgIpc) is 2.50. The van der Waals surface area contributed by atoms with Gasteiger partial charge in [-0.1, -0.05) is 41.9 Å². The molecule has 0 saturated carbocycles. The molecule has 0 spiro atoms. The van der Waals surface area contributed by atoms with Gasteiger partial charge in [0.1, 0.15) is 9.84 Å². The van der Waals surface area contributed by atoms with Gasteiger partial charge < -0.3 is 10.6 Å². The number of halogens is 1. The van der Waals surface area contributed by atoms with E-state index >= 15 is 0 Å². The summed E-state index contributed by atoms with van der Waals surface area (Å²) in [4.78, 5) is 4.71. The van der Waals surface area contributed by atoms with Crippen LogP contribution in [0.4, 0.5) is 0 Å². The minimum absolute atomic E-state index is 0.0292. The maximum atomic E-state index is 11.3. The number of hydrogen-bond acceptors (Lipinski definition) is 3. The Morgan fingerprint density at radius 2 is 2.04 bits per heavy atom. The van der Waals surface area contributed by atoms with Crippen LogP contribution in [0.3, 0.4) is 0 Å². The van der Waals surface area contributed by atoms with E-state index in [4.69, 9.17) is 4.99 Å². The lowest BCUT2D eigenvalue weighted by molar-refractivity contribution is 0.533. The highest BCUT2D eigenvalue weighted by molar-refractivity contribution is 9.10. The lowest BCUT2D eigenvalue weighted by atomic mass is 9.85. The second-order valence-corrected chi connectivity index (χ2v) is 10.2. The van der Waals surface area contributed by atoms with E-state index in [2.05, 4.69) is 52.5 Å². The molecule has 142 valence electrons. The summed E-state index contributed by atoms with van der Waals surface area (Å²) in [6, 6.07) is 8.29. The average molecular weight is 432 g/mol. The summed E-state index contributed by atoms with van der Waals surface area (Å²) in [7, 11) is -2.95. The normalized spacial score (nSPS) is 14.2. The molecule has 0 saturated heterocycles. The fourth-order valence-corrected chi connectivity index (χ4v) is 3.47. The summed E-state index contributed by atoms with van der Waals surface area (Å²) in [5.74, 6) is 0.885. The largest absolute Gasteiger partial charge is 0.357 e. The van der Waals surface area contributed by atoms with Crippen molar-refractivity contribution in [2.45, 2.75) is 45.6 Å². The van der Waals surface area contributed by atoms with Gasteiger partial charge in [-0.3, -0.25) is 4.99 Å². The van der Waals surface area contributed by atoms with Crippen LogP contribution in [0.5, 0.6) is 0 Å². The Morgan fingerprint density at radius 1 is 1.36 bits per heavy atom. The molecule has 1 atom stereocenters. The number of sulfone groups is 1. The molecule has 0 aliphatic rings. The first-order valence-corrected chi connectivity index (χ1v) is 11.4. The van der Waals surface area contributed by atoms with Crippen molar-refractivity contribution in [2.24, 2.45) is 4.99 Å². The smallest absolute Gasteiger partial charge is 0.191 e. The molecule has 0 aliphatic carbocycles. The van der Waals surface area contributed by atoms with Gasteiger partial charge in [0.25, 0.3) is 0 Å². The van der Waals surface area contributed by atoms with Gasteiger partial charge in [0.2, 0.25) is 0 Å². The number of guanidine groups is 1. The van der Waals surface area contributed by atoms with Crippen LogP contribution < -0.4 is 10.6 Å². The van der Waals surface area contributed by atoms with Crippen LogP contribution in [0.25, 0.3) is 0 Å². The van der Waals surface area contributed by atoms with E-state index in [9.17, 15) is 8.42 Å². The summed E-state index contributed by atoms with van der Waals surface area (Å²) < 4.78 is 23.7. The molecule has 0 aliphatic heterocycles. The van der Waals surface area contributed by atoms with E-state index in [1.807, 2.05) is 26.0 Å². The Kier molecular flexibility index (Phi) is 8.41. The molecule has 0 heterocycles. The minimum Gasteiger partial charge on any atom is -0.357 e. The highest BCUT2D eigenvalue weighted by Gasteiger charge is 2.21. The van der Waals surface area contributed by atoms with Gasteiger partial charge in [0, 0.05) is 28.7 Å². The molecule has 1 rings (SSSR count). The molecule has 7 heteroatoms. The zero-order valence-corrected chi connectivity index (χ0v) is 18.2. The number of benzene rings is 1. The van der Waals surface area contributed by atoms with E-state index in [0.29, 0.717) is 18.9 Å². The number of aliphatic imine (C=N–C) groups is 1. The van der Waals surface area contributed by atoms with Crippen LogP contribution in [-0.2, 0) is 15.3 Å². The van der Waals surface area contributed by atoms with Gasteiger partial charge in [0.05, 0.1) is 12.3 Å². The van der Waals surface area contributed by atoms with E-state index in [1.54, 1.807) is 0 Å². The summed E-state index contributed by atoms with van der Waals surface area (Å²) >= 11 is 3.52. The summed E-state index contributed by atoms with van der Waals surface area (Å²) in [6.07, 6.45) is 1.82. The minimum atomic E-state index is -2.95. The Labute approximate surface area is 160 Å². The van der Waals surface area contributed by atoms with Gasteiger partial charge in [0.15, 0.2) is 5.96 Å². The van der Waals surface area contributed by atoms with E-state index in [-0.39, 0.29) is 17.2 Å². The predicted octanol–water partition coefficient (Wildman–Crippen LogP) is 3.11. The van der Waals surface area contributed by atoms with Crippen molar-refractivity contribution in [3.8, 4) is 0 Å². The van der Waals surface area contributed by atoms with Gasteiger partial charge in [-0.2, -0.15) is 0 Å². The van der Waals surface area contributed by atoms with Crippen molar-refractivity contribution in [3.05, 3.63) is 34.3 Å². The van der Waals surface area contributed by atoms with E-state index < -0.39 is 9.84 Å². The molecule has 0 fully saturated rings. The lowest BCUT2D eigenvalue weighted by Gasteiger charge is -2.25. The fourth-order valence-electron chi connectivity index (χ4n) is 2.29. The first-order valence-electron chi connectivity index (χ1n) is 8.52. The van der Waals surface area contributed by atoms with Crippen LogP contribution in [0.15, 0.2) is 33.7 Å². The molecular formula is C18H30BrN3O2S. The van der Waals surface area contributed by atoms with Gasteiger partial charge in [-0.25, -0.2) is 8.42 Å². The third-order valence-electron chi connectivity index (χ3n) is 3.89. The van der Waals surface area contributed by atoms with Crippen molar-refractivity contribution in [1.82, 2.24) is 10.6 Å². The molecule has 1 aromatic carbocycles.